The van der Waals surface area contributed by atoms with Crippen molar-refractivity contribution >= 4 is 16.1 Å². The van der Waals surface area contributed by atoms with Crippen molar-refractivity contribution in [1.29, 1.82) is 0 Å². The van der Waals surface area contributed by atoms with Gasteiger partial charge in [-0.2, -0.15) is 8.42 Å². The molecular weight excluding hydrogens is 184 g/mol. The minimum Gasteiger partial charge on any atom is -0.459 e. The topological polar surface area (TPSA) is 69.7 Å². The Morgan fingerprint density at radius 1 is 1.67 bits per heavy atom. The second kappa shape index (κ2) is 3.40. The van der Waals surface area contributed by atoms with Crippen LogP contribution in [0.4, 0.5) is 0 Å². The van der Waals surface area contributed by atoms with Crippen LogP contribution in [0.3, 0.4) is 0 Å². The lowest BCUT2D eigenvalue weighted by Crippen LogP contribution is -2.20. The molecule has 0 amide bonds. The van der Waals surface area contributed by atoms with E-state index in [0.29, 0.717) is 0 Å². The summed E-state index contributed by atoms with van der Waals surface area (Å²) in [6.45, 7) is 1.60. The Kier molecular flexibility index (Phi) is 2.69. The van der Waals surface area contributed by atoms with E-state index in [2.05, 4.69) is 4.18 Å². The van der Waals surface area contributed by atoms with E-state index in [4.69, 9.17) is 4.74 Å². The standard InChI is InChI=1S/C6H10O5S/c1-2-6(7)11-5-3-10-12(8,9)4-5/h5H,2-4H2,1H3. The summed E-state index contributed by atoms with van der Waals surface area (Å²) >= 11 is 0. The lowest BCUT2D eigenvalue weighted by atomic mass is 10.4. The van der Waals surface area contributed by atoms with Gasteiger partial charge in [0.05, 0.1) is 0 Å². The highest BCUT2D eigenvalue weighted by Gasteiger charge is 2.31. The van der Waals surface area contributed by atoms with Crippen LogP contribution in [0.15, 0.2) is 0 Å². The van der Waals surface area contributed by atoms with Gasteiger partial charge in [0.2, 0.25) is 0 Å². The van der Waals surface area contributed by atoms with Crippen molar-refractivity contribution in [3.8, 4) is 0 Å². The minimum absolute atomic E-state index is 0.0475. The molecule has 0 aromatic rings. The normalized spacial score (nSPS) is 26.9. The summed E-state index contributed by atoms with van der Waals surface area (Å²) in [6, 6.07) is 0. The number of esters is 1. The van der Waals surface area contributed by atoms with Gasteiger partial charge in [-0.1, -0.05) is 6.92 Å². The molecule has 0 radical (unpaired) electrons. The van der Waals surface area contributed by atoms with Crippen LogP contribution < -0.4 is 0 Å². The molecule has 0 N–H and O–H groups in total. The molecule has 1 aliphatic heterocycles. The van der Waals surface area contributed by atoms with E-state index in [1.54, 1.807) is 6.92 Å². The Bertz CT molecular complexity index is 268. The van der Waals surface area contributed by atoms with Gasteiger partial charge in [-0.3, -0.25) is 8.98 Å². The van der Waals surface area contributed by atoms with Crippen molar-refractivity contribution in [3.05, 3.63) is 0 Å². The van der Waals surface area contributed by atoms with Crippen molar-refractivity contribution in [2.24, 2.45) is 0 Å². The number of hydrogen-bond acceptors (Lipinski definition) is 5. The van der Waals surface area contributed by atoms with Crippen molar-refractivity contribution < 1.29 is 22.1 Å². The summed E-state index contributed by atoms with van der Waals surface area (Å²) in [6.07, 6.45) is -0.376. The van der Waals surface area contributed by atoms with Crippen LogP contribution in [0, 0.1) is 0 Å². The highest BCUT2D eigenvalue weighted by Crippen LogP contribution is 2.11. The highest BCUT2D eigenvalue weighted by atomic mass is 32.2. The zero-order valence-electron chi connectivity index (χ0n) is 6.65. The average Bonchev–Trinajstić information content (AvgIpc) is 2.30. The number of carbonyl (C=O) groups is 1. The molecule has 1 rings (SSSR count). The molecule has 70 valence electrons. The van der Waals surface area contributed by atoms with Crippen LogP contribution in [-0.2, 0) is 23.8 Å². The molecule has 0 spiro atoms. The van der Waals surface area contributed by atoms with Crippen LogP contribution >= 0.6 is 0 Å². The maximum atomic E-state index is 10.7. The van der Waals surface area contributed by atoms with Crippen LogP contribution in [0.1, 0.15) is 13.3 Å². The summed E-state index contributed by atoms with van der Waals surface area (Å²) in [4.78, 5) is 10.7. The summed E-state index contributed by atoms with van der Waals surface area (Å²) in [7, 11) is -3.43. The van der Waals surface area contributed by atoms with E-state index in [1.807, 2.05) is 0 Å². The highest BCUT2D eigenvalue weighted by molar-refractivity contribution is 7.87. The van der Waals surface area contributed by atoms with E-state index in [9.17, 15) is 13.2 Å². The van der Waals surface area contributed by atoms with Gasteiger partial charge in [0, 0.05) is 6.42 Å². The lowest BCUT2D eigenvalue weighted by molar-refractivity contribution is -0.148. The fourth-order valence-electron chi connectivity index (χ4n) is 0.841. The molecule has 1 atom stereocenters. The lowest BCUT2D eigenvalue weighted by Gasteiger charge is -2.06. The Labute approximate surface area is 70.8 Å². The van der Waals surface area contributed by atoms with Gasteiger partial charge < -0.3 is 4.74 Å². The van der Waals surface area contributed by atoms with Crippen LogP contribution in [0.5, 0.6) is 0 Å². The Balaban J connectivity index is 2.43. The third-order valence-corrected chi connectivity index (χ3v) is 2.69. The van der Waals surface area contributed by atoms with E-state index >= 15 is 0 Å². The molecule has 6 heteroatoms. The van der Waals surface area contributed by atoms with E-state index in [1.165, 1.54) is 0 Å². The number of carbonyl (C=O) groups excluding carboxylic acids is 1. The van der Waals surface area contributed by atoms with Crippen LogP contribution in [0.25, 0.3) is 0 Å². The molecule has 1 fully saturated rings. The number of ether oxygens (including phenoxy) is 1. The molecule has 0 aromatic carbocycles. The minimum atomic E-state index is -3.43. The first-order valence-electron chi connectivity index (χ1n) is 3.60. The molecule has 0 aromatic heterocycles. The van der Waals surface area contributed by atoms with Gasteiger partial charge in [-0.05, 0) is 0 Å². The molecule has 0 aliphatic carbocycles. The quantitative estimate of drug-likeness (QED) is 0.444. The monoisotopic (exact) mass is 194 g/mol. The summed E-state index contributed by atoms with van der Waals surface area (Å²) in [5.74, 6) is -0.626. The smallest absolute Gasteiger partial charge is 0.305 e. The fourth-order valence-corrected chi connectivity index (χ4v) is 1.92. The van der Waals surface area contributed by atoms with Crippen molar-refractivity contribution in [2.45, 2.75) is 19.4 Å². The van der Waals surface area contributed by atoms with E-state index < -0.39 is 22.2 Å². The predicted octanol–water partition coefficient (Wildman–Crippen LogP) is -0.332. The molecule has 1 heterocycles. The first-order chi connectivity index (χ1) is 5.53. The van der Waals surface area contributed by atoms with Gasteiger partial charge in [0.1, 0.15) is 18.5 Å². The Morgan fingerprint density at radius 2 is 2.33 bits per heavy atom. The zero-order valence-corrected chi connectivity index (χ0v) is 7.46. The molecule has 1 aliphatic rings. The molecule has 1 unspecified atom stereocenters. The van der Waals surface area contributed by atoms with Gasteiger partial charge in [-0.15, -0.1) is 0 Å². The molecule has 12 heavy (non-hydrogen) atoms. The summed E-state index contributed by atoms with van der Waals surface area (Å²) < 4.78 is 30.5. The van der Waals surface area contributed by atoms with Crippen LogP contribution in [0.2, 0.25) is 0 Å². The van der Waals surface area contributed by atoms with Crippen molar-refractivity contribution in [1.82, 2.24) is 0 Å². The van der Waals surface area contributed by atoms with Crippen LogP contribution in [-0.4, -0.2) is 32.9 Å². The third kappa shape index (κ3) is 2.46. The van der Waals surface area contributed by atoms with E-state index in [-0.39, 0.29) is 18.8 Å². The van der Waals surface area contributed by atoms with Gasteiger partial charge >= 0.3 is 5.97 Å². The SMILES string of the molecule is CCC(=O)OC1COS(=O)(=O)C1. The van der Waals surface area contributed by atoms with Gasteiger partial charge in [0.25, 0.3) is 10.1 Å². The maximum Gasteiger partial charge on any atom is 0.305 e. The first-order valence-corrected chi connectivity index (χ1v) is 5.18. The summed E-state index contributed by atoms with van der Waals surface area (Å²) in [5, 5.41) is 0. The van der Waals surface area contributed by atoms with Gasteiger partial charge in [0.15, 0.2) is 0 Å². The fraction of sp³-hybridized carbons (Fsp3) is 0.833. The number of rotatable bonds is 2. The largest absolute Gasteiger partial charge is 0.459 e. The Hall–Kier alpha value is -0.620. The Morgan fingerprint density at radius 3 is 2.75 bits per heavy atom. The van der Waals surface area contributed by atoms with E-state index in [0.717, 1.165) is 0 Å². The second-order valence-electron chi connectivity index (χ2n) is 2.47. The maximum absolute atomic E-state index is 10.7. The van der Waals surface area contributed by atoms with Crippen molar-refractivity contribution in [3.63, 3.8) is 0 Å². The second-order valence-corrected chi connectivity index (χ2v) is 4.16. The average molecular weight is 194 g/mol. The number of hydrogen-bond donors (Lipinski definition) is 0. The first kappa shape index (κ1) is 9.47. The molecule has 0 bridgehead atoms. The zero-order chi connectivity index (χ0) is 9.19. The molecule has 0 saturated carbocycles. The van der Waals surface area contributed by atoms with Gasteiger partial charge in [-0.25, -0.2) is 0 Å². The van der Waals surface area contributed by atoms with Crippen molar-refractivity contribution in [2.75, 3.05) is 12.4 Å². The predicted molar refractivity (Wildman–Crippen MR) is 39.9 cm³/mol. The third-order valence-electron chi connectivity index (χ3n) is 1.41. The summed E-state index contributed by atoms with van der Waals surface area (Å²) in [5.41, 5.74) is 0. The molecule has 5 nitrogen and oxygen atoms in total. The molecule has 1 saturated heterocycles. The molecular formula is C6H10O5S.